The lowest BCUT2D eigenvalue weighted by atomic mass is 10.1. The van der Waals surface area contributed by atoms with Gasteiger partial charge in [0.1, 0.15) is 42.8 Å². The molecule has 0 saturated carbocycles. The number of ether oxygens (including phenoxy) is 2. The minimum atomic E-state index is -0.949. The predicted octanol–water partition coefficient (Wildman–Crippen LogP) is 2.71. The summed E-state index contributed by atoms with van der Waals surface area (Å²) in [5, 5.41) is 27.3. The molecule has 0 aliphatic rings. The number of benzene rings is 2. The second kappa shape index (κ2) is 9.63. The molecule has 0 amide bonds. The van der Waals surface area contributed by atoms with Crippen molar-refractivity contribution in [3.63, 3.8) is 0 Å². The van der Waals surface area contributed by atoms with E-state index in [0.29, 0.717) is 16.9 Å². The Balaban J connectivity index is 1.83. The van der Waals surface area contributed by atoms with Crippen LogP contribution in [0, 0.1) is 22.7 Å². The van der Waals surface area contributed by atoms with Crippen molar-refractivity contribution < 1.29 is 19.4 Å². The van der Waals surface area contributed by atoms with E-state index in [-0.39, 0.29) is 18.8 Å². The largest absolute Gasteiger partial charge is 0.491 e. The van der Waals surface area contributed by atoms with Crippen LogP contribution in [0.5, 0.6) is 5.75 Å². The first-order chi connectivity index (χ1) is 12.6. The highest BCUT2D eigenvalue weighted by atomic mass is 16.5. The van der Waals surface area contributed by atoms with Crippen molar-refractivity contribution >= 4 is 12.0 Å². The number of nitriles is 2. The number of hydrogen-bond donors (Lipinski definition) is 1. The summed E-state index contributed by atoms with van der Waals surface area (Å²) in [4.78, 5) is 12.0. The molecule has 0 radical (unpaired) electrons. The molecule has 0 aliphatic heterocycles. The molecule has 6 nitrogen and oxygen atoms in total. The summed E-state index contributed by atoms with van der Waals surface area (Å²) < 4.78 is 10.4. The summed E-state index contributed by atoms with van der Waals surface area (Å²) in [6.45, 7) is -0.188. The molecule has 6 heteroatoms. The molecule has 0 spiro atoms. The molecule has 26 heavy (non-hydrogen) atoms. The minimum absolute atomic E-state index is 0.00607. The number of aliphatic hydroxyl groups excluding tert-OH is 1. The summed E-state index contributed by atoms with van der Waals surface area (Å²) in [5.74, 6) is 0.0377. The average molecular weight is 348 g/mol. The van der Waals surface area contributed by atoms with Crippen molar-refractivity contribution in [3.8, 4) is 17.9 Å². The molecule has 130 valence electrons. The second-order valence-corrected chi connectivity index (χ2v) is 5.28. The first kappa shape index (κ1) is 18.7. The Kier molecular flexibility index (Phi) is 6.93. The zero-order valence-corrected chi connectivity index (χ0v) is 13.8. The van der Waals surface area contributed by atoms with E-state index in [2.05, 4.69) is 0 Å². The molecule has 2 rings (SSSR count). The number of nitrogens with zero attached hydrogens (tertiary/aromatic N) is 2. The fourth-order valence-electron chi connectivity index (χ4n) is 1.98. The molecule has 2 aromatic rings. The van der Waals surface area contributed by atoms with Gasteiger partial charge in [0.2, 0.25) is 0 Å². The van der Waals surface area contributed by atoms with Crippen LogP contribution < -0.4 is 4.74 Å². The van der Waals surface area contributed by atoms with Gasteiger partial charge in [-0.1, -0.05) is 30.3 Å². The van der Waals surface area contributed by atoms with Gasteiger partial charge >= 0.3 is 5.97 Å². The maximum Gasteiger partial charge on any atom is 0.338 e. The van der Waals surface area contributed by atoms with Gasteiger partial charge in [-0.15, -0.1) is 0 Å². The highest BCUT2D eigenvalue weighted by Crippen LogP contribution is 2.11. The fourth-order valence-corrected chi connectivity index (χ4v) is 1.98. The van der Waals surface area contributed by atoms with Crippen molar-refractivity contribution in [3.05, 3.63) is 71.3 Å². The third-order valence-electron chi connectivity index (χ3n) is 3.29. The number of rotatable bonds is 7. The molecular formula is C20H16N2O4. The van der Waals surface area contributed by atoms with Crippen molar-refractivity contribution in [2.24, 2.45) is 0 Å². The Morgan fingerprint density at radius 1 is 1.04 bits per heavy atom. The Hall–Kier alpha value is -3.61. The van der Waals surface area contributed by atoms with Gasteiger partial charge in [-0.3, -0.25) is 0 Å². The Bertz CT molecular complexity index is 830. The lowest BCUT2D eigenvalue weighted by Crippen LogP contribution is -2.25. The number of aliphatic hydroxyl groups is 1. The lowest BCUT2D eigenvalue weighted by molar-refractivity contribution is 0.0130. The first-order valence-electron chi connectivity index (χ1n) is 7.77. The summed E-state index contributed by atoms with van der Waals surface area (Å²) in [6.07, 6.45) is 0.468. The van der Waals surface area contributed by atoms with E-state index in [1.807, 2.05) is 18.2 Å². The molecule has 0 heterocycles. The van der Waals surface area contributed by atoms with E-state index < -0.39 is 12.1 Å². The van der Waals surface area contributed by atoms with Crippen LogP contribution in [0.1, 0.15) is 15.9 Å². The molecule has 1 N–H and O–H groups in total. The quantitative estimate of drug-likeness (QED) is 0.609. The van der Waals surface area contributed by atoms with E-state index in [4.69, 9.17) is 20.0 Å². The van der Waals surface area contributed by atoms with Crippen LogP contribution in [0.25, 0.3) is 6.08 Å². The fraction of sp³-hybridized carbons (Fsp3) is 0.150. The molecule has 0 fully saturated rings. The van der Waals surface area contributed by atoms with Crippen molar-refractivity contribution in [2.45, 2.75) is 6.10 Å². The van der Waals surface area contributed by atoms with Crippen LogP contribution in [-0.4, -0.2) is 30.4 Å². The smallest absolute Gasteiger partial charge is 0.338 e. The van der Waals surface area contributed by atoms with E-state index in [1.54, 1.807) is 36.4 Å². The summed E-state index contributed by atoms with van der Waals surface area (Å²) in [7, 11) is 0. The van der Waals surface area contributed by atoms with E-state index in [9.17, 15) is 9.90 Å². The lowest BCUT2D eigenvalue weighted by Gasteiger charge is -2.12. The van der Waals surface area contributed by atoms with Gasteiger partial charge in [-0.2, -0.15) is 10.5 Å². The standard InChI is InChI=1S/C20H16N2O4/c21-11-16(12-22)10-15-6-8-17(9-7-15)20(24)26-14-18(23)13-25-19-4-2-1-3-5-19/h1-10,18,23H,13-14H2. The highest BCUT2D eigenvalue weighted by molar-refractivity contribution is 5.89. The van der Waals surface area contributed by atoms with Gasteiger partial charge < -0.3 is 14.6 Å². The zero-order valence-electron chi connectivity index (χ0n) is 13.8. The molecule has 2 aromatic carbocycles. The van der Waals surface area contributed by atoms with Crippen LogP contribution in [0.3, 0.4) is 0 Å². The summed E-state index contributed by atoms with van der Waals surface area (Å²) in [6, 6.07) is 18.8. The van der Waals surface area contributed by atoms with Gasteiger partial charge in [-0.05, 0) is 35.9 Å². The minimum Gasteiger partial charge on any atom is -0.491 e. The zero-order chi connectivity index (χ0) is 18.8. The Labute approximate surface area is 151 Å². The average Bonchev–Trinajstić information content (AvgIpc) is 2.69. The third kappa shape index (κ3) is 5.79. The summed E-state index contributed by atoms with van der Waals surface area (Å²) >= 11 is 0. The molecule has 0 bridgehead atoms. The Morgan fingerprint density at radius 3 is 2.31 bits per heavy atom. The van der Waals surface area contributed by atoms with Crippen molar-refractivity contribution in [1.29, 1.82) is 10.5 Å². The van der Waals surface area contributed by atoms with Crippen molar-refractivity contribution in [2.75, 3.05) is 13.2 Å². The highest BCUT2D eigenvalue weighted by Gasteiger charge is 2.12. The SMILES string of the molecule is N#CC(C#N)=Cc1ccc(C(=O)OCC(O)COc2ccccc2)cc1. The molecular weight excluding hydrogens is 332 g/mol. The molecule has 0 saturated heterocycles. The summed E-state index contributed by atoms with van der Waals surface area (Å²) in [5.41, 5.74) is 0.895. The molecule has 1 atom stereocenters. The van der Waals surface area contributed by atoms with E-state index in [0.717, 1.165) is 0 Å². The number of carbonyl (C=O) groups is 1. The van der Waals surface area contributed by atoms with E-state index in [1.165, 1.54) is 18.2 Å². The second-order valence-electron chi connectivity index (χ2n) is 5.28. The van der Waals surface area contributed by atoms with Gasteiger partial charge in [0.25, 0.3) is 0 Å². The van der Waals surface area contributed by atoms with Crippen molar-refractivity contribution in [1.82, 2.24) is 0 Å². The topological polar surface area (TPSA) is 103 Å². The maximum absolute atomic E-state index is 12.0. The third-order valence-corrected chi connectivity index (χ3v) is 3.29. The van der Waals surface area contributed by atoms with E-state index >= 15 is 0 Å². The van der Waals surface area contributed by atoms with Gasteiger partial charge in [0.05, 0.1) is 5.56 Å². The number of hydrogen-bond acceptors (Lipinski definition) is 6. The van der Waals surface area contributed by atoms with Crippen LogP contribution in [0.2, 0.25) is 0 Å². The maximum atomic E-state index is 12.0. The number of para-hydroxylation sites is 1. The first-order valence-corrected chi connectivity index (χ1v) is 7.77. The normalized spacial score (nSPS) is 10.7. The molecule has 0 aliphatic carbocycles. The monoisotopic (exact) mass is 348 g/mol. The van der Waals surface area contributed by atoms with Crippen LogP contribution in [-0.2, 0) is 4.74 Å². The Morgan fingerprint density at radius 2 is 1.69 bits per heavy atom. The predicted molar refractivity (Wildman–Crippen MR) is 93.9 cm³/mol. The van der Waals surface area contributed by atoms with Gasteiger partial charge in [0, 0.05) is 0 Å². The van der Waals surface area contributed by atoms with Crippen LogP contribution >= 0.6 is 0 Å². The number of esters is 1. The van der Waals surface area contributed by atoms with Gasteiger partial charge in [0.15, 0.2) is 0 Å². The molecule has 1 unspecified atom stereocenters. The van der Waals surface area contributed by atoms with Crippen LogP contribution in [0.4, 0.5) is 0 Å². The van der Waals surface area contributed by atoms with Crippen LogP contribution in [0.15, 0.2) is 60.2 Å². The number of carbonyl (C=O) groups excluding carboxylic acids is 1. The van der Waals surface area contributed by atoms with Gasteiger partial charge in [-0.25, -0.2) is 4.79 Å². The molecule has 0 aromatic heterocycles. The number of allylic oxidation sites excluding steroid dienone is 1.